The molecule has 2 N–H and O–H groups in total. The minimum absolute atomic E-state index is 0.000456. The second-order valence-corrected chi connectivity index (χ2v) is 12.7. The number of hydrogen-bond donors (Lipinski definition) is 2. The van der Waals surface area contributed by atoms with E-state index >= 15 is 0 Å². The second kappa shape index (κ2) is 14.9. The van der Waals surface area contributed by atoms with Crippen LogP contribution in [0.2, 0.25) is 0 Å². The summed E-state index contributed by atoms with van der Waals surface area (Å²) < 4.78 is 11.2. The molecule has 3 aromatic rings. The van der Waals surface area contributed by atoms with Crippen molar-refractivity contribution in [3.05, 3.63) is 107 Å². The van der Waals surface area contributed by atoms with Crippen molar-refractivity contribution in [2.75, 3.05) is 17.7 Å². The van der Waals surface area contributed by atoms with Gasteiger partial charge in [-0.1, -0.05) is 71.9 Å². The van der Waals surface area contributed by atoms with E-state index in [1.807, 2.05) is 60.7 Å². The van der Waals surface area contributed by atoms with Gasteiger partial charge < -0.3 is 24.9 Å². The van der Waals surface area contributed by atoms with Crippen LogP contribution in [0.3, 0.4) is 0 Å². The first-order valence-electron chi connectivity index (χ1n) is 14.9. The van der Waals surface area contributed by atoms with Crippen LogP contribution in [0, 0.1) is 0 Å². The lowest BCUT2D eigenvalue weighted by Gasteiger charge is -2.48. The highest BCUT2D eigenvalue weighted by Crippen LogP contribution is 2.39. The summed E-state index contributed by atoms with van der Waals surface area (Å²) in [5.41, 5.74) is 0.486. The highest BCUT2D eigenvalue weighted by atomic mass is 32.2. The molecule has 48 heavy (non-hydrogen) atoms. The maximum absolute atomic E-state index is 13.6. The molecule has 0 spiro atoms. The number of hydrogen-bond acceptors (Lipinski definition) is 11. The number of thioether (sulfide) groups is 1. The predicted octanol–water partition coefficient (Wildman–Crippen LogP) is 3.33. The molecule has 3 amide bonds. The van der Waals surface area contributed by atoms with E-state index in [1.165, 1.54) is 34.9 Å². The number of pyridine rings is 1. The Balaban J connectivity index is 1.31. The molecule has 1 aromatic heterocycles. The largest absolute Gasteiger partial charge is 0.457 e. The van der Waals surface area contributed by atoms with Crippen molar-refractivity contribution in [3.63, 3.8) is 0 Å². The van der Waals surface area contributed by atoms with E-state index in [0.29, 0.717) is 12.2 Å². The van der Waals surface area contributed by atoms with Gasteiger partial charge in [0.05, 0.1) is 0 Å². The van der Waals surface area contributed by atoms with Crippen molar-refractivity contribution in [3.8, 4) is 0 Å². The number of fused-ring (bicyclic) bond motifs is 1. The van der Waals surface area contributed by atoms with Gasteiger partial charge in [-0.2, -0.15) is 0 Å². The molecule has 1 fully saturated rings. The molecule has 248 valence electrons. The zero-order chi connectivity index (χ0) is 34.3. The van der Waals surface area contributed by atoms with Crippen molar-refractivity contribution in [2.45, 2.75) is 43.9 Å². The first kappa shape index (κ1) is 33.9. The quantitative estimate of drug-likeness (QED) is 0.0959. The van der Waals surface area contributed by atoms with Gasteiger partial charge >= 0.3 is 11.9 Å². The SMILES string of the molecule is CC(C)(C)OC(=O)CON=C(C(=O)NC1C(=O)N2C(C(=O)OC(c3ccccc3)c3ccccc3)=CCS[C@H]12)c1cccc(NC=O)n1. The number of anilines is 1. The van der Waals surface area contributed by atoms with E-state index in [9.17, 15) is 24.0 Å². The van der Waals surface area contributed by atoms with E-state index in [4.69, 9.17) is 14.3 Å². The van der Waals surface area contributed by atoms with Gasteiger partial charge in [-0.25, -0.2) is 14.6 Å². The molecule has 0 radical (unpaired) electrons. The van der Waals surface area contributed by atoms with Crippen LogP contribution in [0.1, 0.15) is 43.7 Å². The fraction of sp³-hybridized carbons (Fsp3) is 0.265. The Kier molecular flexibility index (Phi) is 10.5. The number of esters is 2. The maximum atomic E-state index is 13.6. The molecule has 2 aromatic carbocycles. The van der Waals surface area contributed by atoms with Crippen LogP contribution < -0.4 is 10.6 Å². The van der Waals surface area contributed by atoms with Crippen LogP contribution in [0.15, 0.2) is 95.8 Å². The van der Waals surface area contributed by atoms with Gasteiger partial charge in [0.15, 0.2) is 11.8 Å². The lowest BCUT2D eigenvalue weighted by molar-refractivity contribution is -0.160. The minimum Gasteiger partial charge on any atom is -0.457 e. The molecule has 1 unspecified atom stereocenters. The van der Waals surface area contributed by atoms with Gasteiger partial charge in [-0.3, -0.25) is 19.3 Å². The number of aromatic nitrogens is 1. The van der Waals surface area contributed by atoms with Crippen LogP contribution in [0.5, 0.6) is 0 Å². The van der Waals surface area contributed by atoms with E-state index in [1.54, 1.807) is 26.8 Å². The minimum atomic E-state index is -1.02. The molecular formula is C34H33N5O8S. The van der Waals surface area contributed by atoms with Crippen molar-refractivity contribution in [2.24, 2.45) is 5.16 Å². The van der Waals surface area contributed by atoms with Crippen LogP contribution in [0.25, 0.3) is 0 Å². The Morgan fingerprint density at radius 2 is 1.69 bits per heavy atom. The maximum Gasteiger partial charge on any atom is 0.355 e. The molecule has 1 saturated heterocycles. The highest BCUT2D eigenvalue weighted by Gasteiger charge is 2.53. The third-order valence-corrected chi connectivity index (χ3v) is 8.13. The summed E-state index contributed by atoms with van der Waals surface area (Å²) in [4.78, 5) is 74.4. The van der Waals surface area contributed by atoms with Crippen LogP contribution >= 0.6 is 11.8 Å². The standard InChI is InChI=1S/C34H33N5O8S/c1-34(2,3)47-26(41)19-45-38-27(23-15-10-16-25(36-23)35-20-40)30(42)37-28-31(43)39-24(17-18-48-32(28)39)33(44)46-29(21-11-6-4-7-12-21)22-13-8-5-9-14-22/h4-17,20,28-29,32H,18-19H2,1-3H3,(H,37,42)(H,35,36,40)/t28?,32-/m1/s1. The summed E-state index contributed by atoms with van der Waals surface area (Å²) in [6.07, 6.45) is 1.33. The number of nitrogens with one attached hydrogen (secondary N) is 2. The Morgan fingerprint density at radius 3 is 2.31 bits per heavy atom. The lowest BCUT2D eigenvalue weighted by atomic mass is 10.0. The van der Waals surface area contributed by atoms with Crippen molar-refractivity contribution in [1.82, 2.24) is 15.2 Å². The van der Waals surface area contributed by atoms with Crippen molar-refractivity contribution < 1.29 is 38.3 Å². The van der Waals surface area contributed by atoms with Gasteiger partial charge in [-0.05, 0) is 50.1 Å². The molecule has 0 saturated carbocycles. The number of ether oxygens (including phenoxy) is 2. The Hall–Kier alpha value is -5.50. The van der Waals surface area contributed by atoms with E-state index in [2.05, 4.69) is 20.8 Å². The van der Waals surface area contributed by atoms with Crippen LogP contribution in [0.4, 0.5) is 5.82 Å². The fourth-order valence-electron chi connectivity index (χ4n) is 4.92. The Morgan fingerprint density at radius 1 is 1.02 bits per heavy atom. The number of carbonyl (C=O) groups excluding carboxylic acids is 5. The van der Waals surface area contributed by atoms with Gasteiger partial charge in [0.1, 0.15) is 34.2 Å². The van der Waals surface area contributed by atoms with Gasteiger partial charge in [0, 0.05) is 5.75 Å². The summed E-state index contributed by atoms with van der Waals surface area (Å²) in [6.45, 7) is 4.47. The number of rotatable bonds is 12. The molecule has 5 rings (SSSR count). The zero-order valence-corrected chi connectivity index (χ0v) is 27.1. The Labute approximate surface area is 280 Å². The fourth-order valence-corrected chi connectivity index (χ4v) is 6.12. The smallest absolute Gasteiger partial charge is 0.355 e. The third-order valence-electron chi connectivity index (χ3n) is 6.94. The second-order valence-electron chi connectivity index (χ2n) is 11.5. The first-order valence-corrected chi connectivity index (χ1v) is 16.0. The molecule has 2 aliphatic heterocycles. The number of carbonyl (C=O) groups is 5. The normalized spacial score (nSPS) is 17.3. The van der Waals surface area contributed by atoms with Gasteiger partial charge in [0.25, 0.3) is 11.8 Å². The lowest BCUT2D eigenvalue weighted by Crippen LogP contribution is -2.70. The molecular weight excluding hydrogens is 638 g/mol. The molecule has 0 bridgehead atoms. The zero-order valence-electron chi connectivity index (χ0n) is 26.3. The van der Waals surface area contributed by atoms with E-state index in [-0.39, 0.29) is 22.9 Å². The number of β-lactam (4-membered cyclic amide) rings is 1. The molecule has 2 atom stereocenters. The number of amides is 3. The molecule has 3 heterocycles. The van der Waals surface area contributed by atoms with Gasteiger partial charge in [0.2, 0.25) is 13.0 Å². The van der Waals surface area contributed by atoms with Gasteiger partial charge in [-0.15, -0.1) is 11.8 Å². The van der Waals surface area contributed by atoms with Crippen molar-refractivity contribution in [1.29, 1.82) is 0 Å². The van der Waals surface area contributed by atoms with E-state index in [0.717, 1.165) is 11.1 Å². The molecule has 2 aliphatic rings. The number of oxime groups is 1. The first-order chi connectivity index (χ1) is 23.1. The summed E-state index contributed by atoms with van der Waals surface area (Å²) in [5, 5.41) is 8.28. The molecule has 13 nitrogen and oxygen atoms in total. The third kappa shape index (κ3) is 8.07. The topological polar surface area (TPSA) is 166 Å². The predicted molar refractivity (Wildman–Crippen MR) is 176 cm³/mol. The monoisotopic (exact) mass is 671 g/mol. The summed E-state index contributed by atoms with van der Waals surface area (Å²) in [7, 11) is 0. The van der Waals surface area contributed by atoms with Crippen molar-refractivity contribution >= 4 is 53.5 Å². The summed E-state index contributed by atoms with van der Waals surface area (Å²) in [6, 6.07) is 22.0. The van der Waals surface area contributed by atoms with Crippen LogP contribution in [-0.2, 0) is 38.3 Å². The molecule has 0 aliphatic carbocycles. The summed E-state index contributed by atoms with van der Waals surface area (Å²) >= 11 is 1.35. The van der Waals surface area contributed by atoms with Crippen LogP contribution in [-0.4, -0.2) is 75.1 Å². The Bertz CT molecular complexity index is 1700. The average Bonchev–Trinajstić information content (AvgIpc) is 3.07. The summed E-state index contributed by atoms with van der Waals surface area (Å²) in [5.74, 6) is -2.25. The number of benzene rings is 2. The van der Waals surface area contributed by atoms with E-state index < -0.39 is 53.5 Å². The highest BCUT2D eigenvalue weighted by molar-refractivity contribution is 8.00. The molecule has 14 heteroatoms. The number of nitrogens with zero attached hydrogens (tertiary/aromatic N) is 3. The average molecular weight is 672 g/mol.